The van der Waals surface area contributed by atoms with Crippen molar-refractivity contribution < 1.29 is 45.9 Å². The van der Waals surface area contributed by atoms with E-state index >= 15 is 0 Å². The van der Waals surface area contributed by atoms with E-state index in [0.29, 0.717) is 0 Å². The Morgan fingerprint density at radius 1 is 1.29 bits per heavy atom. The molecule has 1 aromatic rings. The van der Waals surface area contributed by atoms with Crippen molar-refractivity contribution >= 4 is 29.4 Å². The van der Waals surface area contributed by atoms with E-state index in [1.54, 1.807) is 17.4 Å². The van der Waals surface area contributed by atoms with Crippen LogP contribution in [0.1, 0.15) is 38.5 Å². The fourth-order valence-corrected chi connectivity index (χ4v) is 5.71. The molecule has 0 radical (unpaired) electrons. The van der Waals surface area contributed by atoms with Gasteiger partial charge in [0.15, 0.2) is 11.6 Å². The molecule has 4 aliphatic rings. The Morgan fingerprint density at radius 2 is 1.98 bits per heavy atom. The van der Waals surface area contributed by atoms with Crippen LogP contribution in [0.15, 0.2) is 18.3 Å². The number of rotatable bonds is 7. The summed E-state index contributed by atoms with van der Waals surface area (Å²) in [5, 5.41) is 14.0. The van der Waals surface area contributed by atoms with E-state index in [1.807, 2.05) is 6.07 Å². The van der Waals surface area contributed by atoms with Crippen LogP contribution in [0.5, 0.6) is 5.75 Å². The maximum Gasteiger partial charge on any atom is 0.471 e. The number of nitrogens with zero attached hydrogens (tertiary/aromatic N) is 4. The second-order valence-corrected chi connectivity index (χ2v) is 11.3. The standard InChI is InChI=1S/C26H27F5N6O5/c1-36(21(39)18(14-8-25(27,28)9-14)34-23(41)26(29,30)31)16(7-13-4-5-13)20(38)37-12-24(10-15(37)11-32)22(40)35-19-17(42-24)3-2-6-33-19/h2-3,6,13-16,18H,4-5,7-10,12H2,1H3,(H,34,41)(H,33,35,40). The summed E-state index contributed by atoms with van der Waals surface area (Å²) in [6.07, 6.45) is -4.44. The molecule has 2 saturated carbocycles. The number of hydrogen-bond donors (Lipinski definition) is 2. The summed E-state index contributed by atoms with van der Waals surface area (Å²) >= 11 is 0. The molecule has 3 heterocycles. The molecule has 11 nitrogen and oxygen atoms in total. The molecule has 4 amide bonds. The molecular formula is C26H27F5N6O5. The van der Waals surface area contributed by atoms with Gasteiger partial charge in [0.2, 0.25) is 23.3 Å². The Kier molecular flexibility index (Phi) is 7.26. The molecule has 226 valence electrons. The molecule has 1 spiro atoms. The smallest absolute Gasteiger partial charge is 0.471 e. The summed E-state index contributed by atoms with van der Waals surface area (Å²) in [4.78, 5) is 58.2. The number of nitriles is 1. The maximum absolute atomic E-state index is 14.0. The number of likely N-dealkylation sites (tertiary alicyclic amines) is 1. The number of likely N-dealkylation sites (N-methyl/N-ethyl adjacent to an activating group) is 1. The lowest BCUT2D eigenvalue weighted by molar-refractivity contribution is -0.179. The third kappa shape index (κ3) is 5.56. The van der Waals surface area contributed by atoms with Gasteiger partial charge >= 0.3 is 12.1 Å². The number of amides is 4. The third-order valence-electron chi connectivity index (χ3n) is 8.24. The van der Waals surface area contributed by atoms with E-state index < -0.39 is 78.2 Å². The van der Waals surface area contributed by atoms with Crippen LogP contribution in [0.4, 0.5) is 27.8 Å². The summed E-state index contributed by atoms with van der Waals surface area (Å²) in [6.45, 7) is -0.365. The zero-order valence-corrected chi connectivity index (χ0v) is 22.3. The largest absolute Gasteiger partial charge is 0.472 e. The molecule has 1 saturated heterocycles. The second-order valence-electron chi connectivity index (χ2n) is 11.3. The summed E-state index contributed by atoms with van der Waals surface area (Å²) in [5.41, 5.74) is -1.64. The van der Waals surface area contributed by atoms with Gasteiger partial charge in [-0.05, 0) is 30.4 Å². The van der Waals surface area contributed by atoms with E-state index in [-0.39, 0.29) is 36.9 Å². The van der Waals surface area contributed by atoms with Crippen molar-refractivity contribution in [3.05, 3.63) is 18.3 Å². The second kappa shape index (κ2) is 10.4. The summed E-state index contributed by atoms with van der Waals surface area (Å²) < 4.78 is 72.3. The zero-order chi connectivity index (χ0) is 30.6. The highest BCUT2D eigenvalue weighted by molar-refractivity contribution is 6.01. The number of nitrogens with one attached hydrogen (secondary N) is 2. The minimum atomic E-state index is -5.37. The molecule has 2 aliphatic carbocycles. The third-order valence-corrected chi connectivity index (χ3v) is 8.24. The normalized spacial score (nSPS) is 26.2. The molecule has 2 N–H and O–H groups in total. The first-order chi connectivity index (χ1) is 19.6. The topological polar surface area (TPSA) is 145 Å². The Bertz CT molecular complexity index is 1340. The number of ether oxygens (including phenoxy) is 1. The Morgan fingerprint density at radius 3 is 2.57 bits per heavy atom. The molecule has 0 aromatic carbocycles. The number of hydrogen-bond acceptors (Lipinski definition) is 7. The number of pyridine rings is 1. The van der Waals surface area contributed by atoms with Gasteiger partial charge in [-0.25, -0.2) is 13.8 Å². The van der Waals surface area contributed by atoms with Gasteiger partial charge in [0.05, 0.1) is 12.6 Å². The molecule has 3 fully saturated rings. The monoisotopic (exact) mass is 598 g/mol. The van der Waals surface area contributed by atoms with E-state index in [9.17, 15) is 46.4 Å². The minimum absolute atomic E-state index is 0.00488. The highest BCUT2D eigenvalue weighted by Crippen LogP contribution is 2.45. The molecule has 4 unspecified atom stereocenters. The van der Waals surface area contributed by atoms with Crippen LogP contribution in [0.3, 0.4) is 0 Å². The average Bonchev–Trinajstić information content (AvgIpc) is 3.66. The van der Waals surface area contributed by atoms with Gasteiger partial charge in [0.1, 0.15) is 18.1 Å². The summed E-state index contributed by atoms with van der Waals surface area (Å²) in [7, 11) is 1.15. The van der Waals surface area contributed by atoms with Crippen LogP contribution in [0.25, 0.3) is 0 Å². The number of halogens is 5. The van der Waals surface area contributed by atoms with Crippen LogP contribution in [0, 0.1) is 23.2 Å². The molecule has 1 aromatic heterocycles. The van der Waals surface area contributed by atoms with Crippen LogP contribution in [-0.4, -0.2) is 87.8 Å². The number of carbonyl (C=O) groups excluding carboxylic acids is 4. The van der Waals surface area contributed by atoms with E-state index in [4.69, 9.17) is 4.74 Å². The van der Waals surface area contributed by atoms with Crippen molar-refractivity contribution in [1.82, 2.24) is 20.1 Å². The first-order valence-corrected chi connectivity index (χ1v) is 13.3. The number of fused-ring (bicyclic) bond motifs is 1. The highest BCUT2D eigenvalue weighted by Gasteiger charge is 2.58. The lowest BCUT2D eigenvalue weighted by Crippen LogP contribution is -2.61. The Balaban J connectivity index is 1.39. The van der Waals surface area contributed by atoms with Crippen LogP contribution < -0.4 is 15.4 Å². The van der Waals surface area contributed by atoms with Gasteiger partial charge in [-0.1, -0.05) is 12.8 Å². The van der Waals surface area contributed by atoms with E-state index in [0.717, 1.165) is 29.7 Å². The van der Waals surface area contributed by atoms with Crippen molar-refractivity contribution in [2.75, 3.05) is 18.9 Å². The van der Waals surface area contributed by atoms with Gasteiger partial charge in [0, 0.05) is 32.5 Å². The Labute approximate surface area is 236 Å². The lowest BCUT2D eigenvalue weighted by atomic mass is 9.75. The lowest BCUT2D eigenvalue weighted by Gasteiger charge is -2.42. The SMILES string of the molecule is CN(C(=O)C(NC(=O)C(F)(F)F)C1CC(F)(F)C1)C(CC1CC1)C(=O)N1CC2(CC1C#N)Oc1cccnc1NC2=O. The van der Waals surface area contributed by atoms with Crippen molar-refractivity contribution in [3.8, 4) is 11.8 Å². The molecule has 42 heavy (non-hydrogen) atoms. The predicted molar refractivity (Wildman–Crippen MR) is 132 cm³/mol. The van der Waals surface area contributed by atoms with Gasteiger partial charge in [-0.3, -0.25) is 19.2 Å². The minimum Gasteiger partial charge on any atom is -0.472 e. The number of aromatic nitrogens is 1. The molecule has 16 heteroatoms. The fraction of sp³-hybridized carbons (Fsp3) is 0.615. The summed E-state index contributed by atoms with van der Waals surface area (Å²) in [6, 6.07) is 0.688. The maximum atomic E-state index is 14.0. The van der Waals surface area contributed by atoms with Gasteiger partial charge in [0.25, 0.3) is 5.91 Å². The summed E-state index contributed by atoms with van der Waals surface area (Å²) in [5.74, 6) is -9.09. The zero-order valence-electron chi connectivity index (χ0n) is 22.3. The number of anilines is 1. The number of alkyl halides is 5. The molecule has 2 aliphatic heterocycles. The molecular weight excluding hydrogens is 571 g/mol. The first kappa shape index (κ1) is 29.5. The van der Waals surface area contributed by atoms with Crippen molar-refractivity contribution in [3.63, 3.8) is 0 Å². The van der Waals surface area contributed by atoms with Gasteiger partial charge in [-0.15, -0.1) is 0 Å². The van der Waals surface area contributed by atoms with Crippen LogP contribution in [-0.2, 0) is 19.2 Å². The Hall–Kier alpha value is -4.03. The highest BCUT2D eigenvalue weighted by atomic mass is 19.4. The molecule has 0 bridgehead atoms. The van der Waals surface area contributed by atoms with Crippen LogP contribution in [0.2, 0.25) is 0 Å². The fourth-order valence-electron chi connectivity index (χ4n) is 5.71. The van der Waals surface area contributed by atoms with Crippen molar-refractivity contribution in [1.29, 1.82) is 5.26 Å². The quantitative estimate of drug-likeness (QED) is 0.457. The average molecular weight is 599 g/mol. The van der Waals surface area contributed by atoms with E-state index in [1.165, 1.54) is 6.20 Å². The molecule has 4 atom stereocenters. The number of carbonyl (C=O) groups is 4. The van der Waals surface area contributed by atoms with Gasteiger partial charge in [-0.2, -0.15) is 18.4 Å². The van der Waals surface area contributed by atoms with Crippen molar-refractivity contribution in [2.24, 2.45) is 11.8 Å². The first-order valence-electron chi connectivity index (χ1n) is 13.3. The van der Waals surface area contributed by atoms with Crippen molar-refractivity contribution in [2.45, 2.75) is 74.4 Å². The van der Waals surface area contributed by atoms with Gasteiger partial charge < -0.3 is 25.2 Å². The predicted octanol–water partition coefficient (Wildman–Crippen LogP) is 2.00. The molecule has 5 rings (SSSR count). The van der Waals surface area contributed by atoms with E-state index in [2.05, 4.69) is 10.3 Å². The van der Waals surface area contributed by atoms with Crippen LogP contribution >= 0.6 is 0 Å².